The zero-order valence-corrected chi connectivity index (χ0v) is 12.5. The fourth-order valence-electron chi connectivity index (χ4n) is 2.33. The van der Waals surface area contributed by atoms with Crippen LogP contribution in [0.2, 0.25) is 5.02 Å². The number of halogens is 1. The van der Waals surface area contributed by atoms with Gasteiger partial charge in [-0.05, 0) is 38.4 Å². The van der Waals surface area contributed by atoms with Gasteiger partial charge < -0.3 is 0 Å². The molecule has 0 saturated carbocycles. The van der Waals surface area contributed by atoms with Crippen molar-refractivity contribution < 1.29 is 0 Å². The molecular weight excluding hydrogens is 254 g/mol. The molecule has 0 aliphatic rings. The summed E-state index contributed by atoms with van der Waals surface area (Å²) >= 11 is 7.85. The number of nitrogens with zero attached hydrogens (tertiary/aromatic N) is 1. The van der Waals surface area contributed by atoms with Crippen LogP contribution in [-0.4, -0.2) is 23.5 Å². The highest BCUT2D eigenvalue weighted by atomic mass is 35.5. The molecule has 1 rings (SSSR count). The second-order valence-corrected chi connectivity index (χ2v) is 5.91. The largest absolute Gasteiger partial charge is 0.297 e. The van der Waals surface area contributed by atoms with Gasteiger partial charge in [-0.3, -0.25) is 16.2 Å². The van der Waals surface area contributed by atoms with Crippen molar-refractivity contribution in [2.45, 2.75) is 39.3 Å². The van der Waals surface area contributed by atoms with Crippen LogP contribution in [0.15, 0.2) is 11.4 Å². The topological polar surface area (TPSA) is 41.3 Å². The molecule has 3 N–H and O–H groups in total. The van der Waals surface area contributed by atoms with Crippen molar-refractivity contribution in [1.29, 1.82) is 0 Å². The van der Waals surface area contributed by atoms with Gasteiger partial charge in [0.2, 0.25) is 0 Å². The molecule has 0 aromatic carbocycles. The van der Waals surface area contributed by atoms with Gasteiger partial charge in [-0.15, -0.1) is 11.3 Å². The van der Waals surface area contributed by atoms with Crippen molar-refractivity contribution in [2.24, 2.45) is 5.84 Å². The number of nitrogens with one attached hydrogen (secondary N) is 1. The van der Waals surface area contributed by atoms with Gasteiger partial charge in [0.05, 0.1) is 11.1 Å². The SMILES string of the molecule is CCN(CC)C(C)(C)C(NN)c1sccc1Cl. The summed E-state index contributed by atoms with van der Waals surface area (Å²) in [6.45, 7) is 10.7. The first-order valence-electron chi connectivity index (χ1n) is 5.93. The predicted octanol–water partition coefficient (Wildman–Crippen LogP) is 3.03. The molecule has 1 aromatic rings. The number of hydrogen-bond acceptors (Lipinski definition) is 4. The van der Waals surface area contributed by atoms with Crippen LogP contribution < -0.4 is 11.3 Å². The maximum absolute atomic E-state index is 6.21. The first-order chi connectivity index (χ1) is 7.98. The third kappa shape index (κ3) is 3.01. The Hall–Kier alpha value is -0.130. The lowest BCUT2D eigenvalue weighted by molar-refractivity contribution is 0.0926. The zero-order chi connectivity index (χ0) is 13.1. The first-order valence-corrected chi connectivity index (χ1v) is 7.18. The average molecular weight is 276 g/mol. The van der Waals surface area contributed by atoms with Crippen LogP contribution in [0.5, 0.6) is 0 Å². The van der Waals surface area contributed by atoms with Gasteiger partial charge in [-0.2, -0.15) is 0 Å². The number of likely N-dealkylation sites (N-methyl/N-ethyl adjacent to an activating group) is 1. The van der Waals surface area contributed by atoms with E-state index in [9.17, 15) is 0 Å². The lowest BCUT2D eigenvalue weighted by atomic mass is 9.91. The Morgan fingerprint density at radius 1 is 1.47 bits per heavy atom. The summed E-state index contributed by atoms with van der Waals surface area (Å²) in [5.41, 5.74) is 2.84. The van der Waals surface area contributed by atoms with E-state index in [0.29, 0.717) is 0 Å². The molecule has 17 heavy (non-hydrogen) atoms. The van der Waals surface area contributed by atoms with Crippen LogP contribution in [0.3, 0.4) is 0 Å². The van der Waals surface area contributed by atoms with Crippen molar-refractivity contribution in [2.75, 3.05) is 13.1 Å². The second kappa shape index (κ2) is 6.16. The molecule has 1 unspecified atom stereocenters. The molecular formula is C12H22ClN3S. The predicted molar refractivity (Wildman–Crippen MR) is 76.4 cm³/mol. The Kier molecular flexibility index (Phi) is 5.41. The monoisotopic (exact) mass is 275 g/mol. The van der Waals surface area contributed by atoms with Crippen LogP contribution in [0.1, 0.15) is 38.6 Å². The Balaban J connectivity index is 3.05. The summed E-state index contributed by atoms with van der Waals surface area (Å²) in [6.07, 6.45) is 0. The van der Waals surface area contributed by atoms with Crippen molar-refractivity contribution >= 4 is 22.9 Å². The van der Waals surface area contributed by atoms with Gasteiger partial charge in [0, 0.05) is 10.4 Å². The van der Waals surface area contributed by atoms with Crippen molar-refractivity contribution in [3.8, 4) is 0 Å². The molecule has 1 atom stereocenters. The molecule has 0 bridgehead atoms. The molecule has 5 heteroatoms. The van der Waals surface area contributed by atoms with Crippen LogP contribution >= 0.6 is 22.9 Å². The van der Waals surface area contributed by atoms with Gasteiger partial charge in [-0.25, -0.2) is 0 Å². The molecule has 3 nitrogen and oxygen atoms in total. The van der Waals surface area contributed by atoms with E-state index in [1.54, 1.807) is 11.3 Å². The maximum Gasteiger partial charge on any atom is 0.0746 e. The Morgan fingerprint density at radius 3 is 2.41 bits per heavy atom. The Morgan fingerprint density at radius 2 is 2.06 bits per heavy atom. The van der Waals surface area contributed by atoms with E-state index in [4.69, 9.17) is 17.4 Å². The van der Waals surface area contributed by atoms with E-state index in [2.05, 4.69) is 38.0 Å². The number of nitrogens with two attached hydrogens (primary N) is 1. The smallest absolute Gasteiger partial charge is 0.0746 e. The maximum atomic E-state index is 6.21. The van der Waals surface area contributed by atoms with Crippen LogP contribution in [0.25, 0.3) is 0 Å². The van der Waals surface area contributed by atoms with E-state index in [1.807, 2.05) is 11.4 Å². The quantitative estimate of drug-likeness (QED) is 0.619. The third-order valence-electron chi connectivity index (χ3n) is 3.36. The molecule has 0 radical (unpaired) electrons. The number of rotatable bonds is 6. The number of thiophene rings is 1. The van der Waals surface area contributed by atoms with Gasteiger partial charge in [0.25, 0.3) is 0 Å². The average Bonchev–Trinajstić information content (AvgIpc) is 2.67. The van der Waals surface area contributed by atoms with Crippen molar-refractivity contribution in [1.82, 2.24) is 10.3 Å². The molecule has 1 heterocycles. The van der Waals surface area contributed by atoms with Crippen molar-refractivity contribution in [3.05, 3.63) is 21.3 Å². The normalized spacial score (nSPS) is 14.3. The molecule has 1 aromatic heterocycles. The third-order valence-corrected chi connectivity index (χ3v) is 4.78. The second-order valence-electron chi connectivity index (χ2n) is 4.56. The Labute approximate surface area is 113 Å². The van der Waals surface area contributed by atoms with Crippen molar-refractivity contribution in [3.63, 3.8) is 0 Å². The van der Waals surface area contributed by atoms with Gasteiger partial charge >= 0.3 is 0 Å². The summed E-state index contributed by atoms with van der Waals surface area (Å²) in [7, 11) is 0. The lowest BCUT2D eigenvalue weighted by Crippen LogP contribution is -2.53. The molecule has 0 saturated heterocycles. The molecule has 0 aliphatic heterocycles. The number of hydrazine groups is 1. The molecule has 0 aliphatic carbocycles. The summed E-state index contributed by atoms with van der Waals surface area (Å²) in [4.78, 5) is 3.49. The molecule has 0 spiro atoms. The Bertz CT molecular complexity index is 347. The lowest BCUT2D eigenvalue weighted by Gasteiger charge is -2.42. The summed E-state index contributed by atoms with van der Waals surface area (Å²) in [5, 5.41) is 2.79. The standard InChI is InChI=1S/C12H22ClN3S/c1-5-16(6-2)12(3,4)11(15-14)10-9(13)7-8-17-10/h7-8,11,15H,5-6,14H2,1-4H3. The summed E-state index contributed by atoms with van der Waals surface area (Å²) in [5.74, 6) is 5.74. The minimum Gasteiger partial charge on any atom is -0.297 e. The highest BCUT2D eigenvalue weighted by Gasteiger charge is 2.36. The fraction of sp³-hybridized carbons (Fsp3) is 0.667. The van der Waals surface area contributed by atoms with Gasteiger partial charge in [-0.1, -0.05) is 25.4 Å². The van der Waals surface area contributed by atoms with Crippen LogP contribution in [-0.2, 0) is 0 Å². The zero-order valence-electron chi connectivity index (χ0n) is 11.0. The molecule has 0 amide bonds. The minimum atomic E-state index is -0.0766. The van der Waals surface area contributed by atoms with Gasteiger partial charge in [0.15, 0.2) is 0 Å². The summed E-state index contributed by atoms with van der Waals surface area (Å²) < 4.78 is 0. The van der Waals surface area contributed by atoms with E-state index >= 15 is 0 Å². The highest BCUT2D eigenvalue weighted by Crippen LogP contribution is 2.37. The fourth-order valence-corrected chi connectivity index (χ4v) is 3.74. The van der Waals surface area contributed by atoms with Gasteiger partial charge in [0.1, 0.15) is 0 Å². The summed E-state index contributed by atoms with van der Waals surface area (Å²) in [6, 6.07) is 1.96. The highest BCUT2D eigenvalue weighted by molar-refractivity contribution is 7.10. The van der Waals surface area contributed by atoms with E-state index in [-0.39, 0.29) is 11.6 Å². The van der Waals surface area contributed by atoms with E-state index < -0.39 is 0 Å². The molecule has 0 fully saturated rings. The van der Waals surface area contributed by atoms with E-state index in [0.717, 1.165) is 23.0 Å². The van der Waals surface area contributed by atoms with Crippen LogP contribution in [0, 0.1) is 0 Å². The molecule has 98 valence electrons. The van der Waals surface area contributed by atoms with E-state index in [1.165, 1.54) is 0 Å². The first kappa shape index (κ1) is 14.9. The minimum absolute atomic E-state index is 0.0369. The van der Waals surface area contributed by atoms with Crippen LogP contribution in [0.4, 0.5) is 0 Å². The number of hydrogen-bond donors (Lipinski definition) is 2.